The van der Waals surface area contributed by atoms with E-state index in [2.05, 4.69) is 0 Å². The van der Waals surface area contributed by atoms with E-state index in [1.54, 1.807) is 13.2 Å². The van der Waals surface area contributed by atoms with Crippen molar-refractivity contribution < 1.29 is 18.7 Å². The van der Waals surface area contributed by atoms with Crippen LogP contribution < -0.4 is 0 Å². The minimum atomic E-state index is -0.302. The number of thioether (sulfide) groups is 1. The Hall–Kier alpha value is -1.43. The Morgan fingerprint density at radius 2 is 2.29 bits per heavy atom. The second-order valence-corrected chi connectivity index (χ2v) is 6.16. The number of hydrogen-bond donors (Lipinski definition) is 0. The van der Waals surface area contributed by atoms with E-state index in [0.717, 1.165) is 24.5 Å². The molecular weight excluding hydrogens is 290 g/mol. The van der Waals surface area contributed by atoms with Crippen LogP contribution in [-0.2, 0) is 14.3 Å². The van der Waals surface area contributed by atoms with Crippen molar-refractivity contribution in [2.75, 3.05) is 25.4 Å². The Labute approximate surface area is 129 Å². The van der Waals surface area contributed by atoms with E-state index in [-0.39, 0.29) is 24.7 Å². The number of esters is 1. The number of carbonyl (C=O) groups is 2. The molecule has 0 radical (unpaired) electrons. The highest BCUT2D eigenvalue weighted by molar-refractivity contribution is 7.99. The Balaban J connectivity index is 1.79. The molecule has 0 bridgehead atoms. The Bertz CT molecular complexity index is 460. The van der Waals surface area contributed by atoms with Crippen molar-refractivity contribution >= 4 is 23.6 Å². The van der Waals surface area contributed by atoms with Gasteiger partial charge in [0.2, 0.25) is 5.91 Å². The average molecular weight is 311 g/mol. The van der Waals surface area contributed by atoms with E-state index in [9.17, 15) is 9.59 Å². The summed E-state index contributed by atoms with van der Waals surface area (Å²) in [4.78, 5) is 25.3. The molecule has 0 aromatic carbocycles. The first kappa shape index (κ1) is 15.9. The summed E-state index contributed by atoms with van der Waals surface area (Å²) < 4.78 is 10.3. The van der Waals surface area contributed by atoms with Crippen molar-refractivity contribution in [3.05, 3.63) is 24.2 Å². The number of nitrogens with zero attached hydrogens (tertiary/aromatic N) is 1. The third-order valence-electron chi connectivity index (χ3n) is 3.40. The summed E-state index contributed by atoms with van der Waals surface area (Å²) in [5, 5.41) is 0.308. The second-order valence-electron chi connectivity index (χ2n) is 4.85. The maximum atomic E-state index is 12.1. The molecule has 0 unspecified atom stereocenters. The SMILES string of the molecule is CCOC(=O)CCC(=O)N1CCS[C@@H](c2ccco2)CC1. The highest BCUT2D eigenvalue weighted by Gasteiger charge is 2.23. The maximum absolute atomic E-state index is 12.1. The van der Waals surface area contributed by atoms with Crippen LogP contribution in [0.4, 0.5) is 0 Å². The number of amides is 1. The maximum Gasteiger partial charge on any atom is 0.306 e. The third-order valence-corrected chi connectivity index (χ3v) is 4.69. The molecule has 1 aromatic rings. The molecule has 0 aliphatic carbocycles. The fraction of sp³-hybridized carbons (Fsp3) is 0.600. The highest BCUT2D eigenvalue weighted by atomic mass is 32.2. The zero-order chi connectivity index (χ0) is 15.1. The summed E-state index contributed by atoms with van der Waals surface area (Å²) in [5.41, 5.74) is 0. The van der Waals surface area contributed by atoms with Crippen LogP contribution in [-0.4, -0.2) is 42.2 Å². The van der Waals surface area contributed by atoms with Gasteiger partial charge >= 0.3 is 5.97 Å². The van der Waals surface area contributed by atoms with Crippen LogP contribution in [0.25, 0.3) is 0 Å². The normalized spacial score (nSPS) is 19.1. The van der Waals surface area contributed by atoms with Crippen LogP contribution in [0.5, 0.6) is 0 Å². The molecule has 0 spiro atoms. The van der Waals surface area contributed by atoms with Gasteiger partial charge in [0, 0.05) is 25.3 Å². The lowest BCUT2D eigenvalue weighted by molar-refractivity contribution is -0.145. The first-order valence-corrected chi connectivity index (χ1v) is 8.34. The van der Waals surface area contributed by atoms with Gasteiger partial charge in [-0.15, -0.1) is 11.8 Å². The quantitative estimate of drug-likeness (QED) is 0.782. The van der Waals surface area contributed by atoms with Gasteiger partial charge in [0.15, 0.2) is 0 Å². The van der Waals surface area contributed by atoms with Gasteiger partial charge in [0.05, 0.1) is 24.5 Å². The molecule has 2 heterocycles. The molecule has 21 heavy (non-hydrogen) atoms. The van der Waals surface area contributed by atoms with Crippen molar-refractivity contribution in [3.63, 3.8) is 0 Å². The van der Waals surface area contributed by atoms with E-state index in [1.807, 2.05) is 28.8 Å². The fourth-order valence-corrected chi connectivity index (χ4v) is 3.50. The van der Waals surface area contributed by atoms with Crippen LogP contribution in [0, 0.1) is 0 Å². The van der Waals surface area contributed by atoms with E-state index in [4.69, 9.17) is 9.15 Å². The number of carbonyl (C=O) groups excluding carboxylic acids is 2. The third kappa shape index (κ3) is 4.81. The van der Waals surface area contributed by atoms with E-state index in [1.165, 1.54) is 0 Å². The van der Waals surface area contributed by atoms with Gasteiger partial charge in [0.1, 0.15) is 5.76 Å². The van der Waals surface area contributed by atoms with Crippen molar-refractivity contribution in [1.29, 1.82) is 0 Å². The molecule has 1 saturated heterocycles. The molecule has 116 valence electrons. The predicted octanol–water partition coefficient (Wildman–Crippen LogP) is 2.63. The Morgan fingerprint density at radius 3 is 3.00 bits per heavy atom. The van der Waals surface area contributed by atoms with Crippen LogP contribution >= 0.6 is 11.8 Å². The molecule has 1 aliphatic heterocycles. The van der Waals surface area contributed by atoms with Crippen LogP contribution in [0.2, 0.25) is 0 Å². The van der Waals surface area contributed by atoms with Crippen molar-refractivity contribution in [2.24, 2.45) is 0 Å². The summed E-state index contributed by atoms with van der Waals surface area (Å²) in [7, 11) is 0. The van der Waals surface area contributed by atoms with Gasteiger partial charge in [-0.1, -0.05) is 0 Å². The van der Waals surface area contributed by atoms with Crippen molar-refractivity contribution in [2.45, 2.75) is 31.4 Å². The molecule has 1 aromatic heterocycles. The van der Waals surface area contributed by atoms with Crippen LogP contribution in [0.15, 0.2) is 22.8 Å². The summed E-state index contributed by atoms with van der Waals surface area (Å²) >= 11 is 1.82. The molecule has 2 rings (SSSR count). The molecule has 6 heteroatoms. The Kier molecular flexibility index (Phi) is 6.17. The minimum absolute atomic E-state index is 0.0312. The van der Waals surface area contributed by atoms with E-state index < -0.39 is 0 Å². The summed E-state index contributed by atoms with van der Waals surface area (Å²) in [5.74, 6) is 1.59. The number of furan rings is 1. The van der Waals surface area contributed by atoms with Gasteiger partial charge < -0.3 is 14.1 Å². The fourth-order valence-electron chi connectivity index (χ4n) is 2.32. The van der Waals surface area contributed by atoms with Crippen molar-refractivity contribution in [3.8, 4) is 0 Å². The molecule has 1 atom stereocenters. The summed E-state index contributed by atoms with van der Waals surface area (Å²) in [6.07, 6.45) is 2.96. The van der Waals surface area contributed by atoms with E-state index in [0.29, 0.717) is 18.4 Å². The molecule has 0 N–H and O–H groups in total. The predicted molar refractivity (Wildman–Crippen MR) is 81.0 cm³/mol. The molecule has 5 nitrogen and oxygen atoms in total. The number of rotatable bonds is 5. The smallest absolute Gasteiger partial charge is 0.306 e. The summed E-state index contributed by atoms with van der Waals surface area (Å²) in [6, 6.07) is 3.87. The second kappa shape index (κ2) is 8.12. The first-order chi connectivity index (χ1) is 10.2. The van der Waals surface area contributed by atoms with Gasteiger partial charge in [-0.25, -0.2) is 0 Å². The summed E-state index contributed by atoms with van der Waals surface area (Å²) in [6.45, 7) is 3.56. The van der Waals surface area contributed by atoms with Crippen LogP contribution in [0.3, 0.4) is 0 Å². The standard InChI is InChI=1S/C15H21NO4S/c1-2-19-15(18)6-5-14(17)16-8-7-13(21-11-9-16)12-4-3-10-20-12/h3-4,10,13H,2,5-9,11H2,1H3/t13-/m1/s1. The largest absolute Gasteiger partial charge is 0.468 e. The molecule has 1 aliphatic rings. The first-order valence-electron chi connectivity index (χ1n) is 7.29. The van der Waals surface area contributed by atoms with E-state index >= 15 is 0 Å². The van der Waals surface area contributed by atoms with Crippen LogP contribution in [0.1, 0.15) is 37.2 Å². The molecular formula is C15H21NO4S. The Morgan fingerprint density at radius 1 is 1.43 bits per heavy atom. The number of hydrogen-bond acceptors (Lipinski definition) is 5. The minimum Gasteiger partial charge on any atom is -0.468 e. The topological polar surface area (TPSA) is 59.8 Å². The van der Waals surface area contributed by atoms with Crippen molar-refractivity contribution in [1.82, 2.24) is 4.90 Å². The van der Waals surface area contributed by atoms with Gasteiger partial charge in [0.25, 0.3) is 0 Å². The molecule has 1 fully saturated rings. The van der Waals surface area contributed by atoms with Gasteiger partial charge in [-0.3, -0.25) is 9.59 Å². The lowest BCUT2D eigenvalue weighted by Crippen LogP contribution is -2.33. The molecule has 1 amide bonds. The van der Waals surface area contributed by atoms with Gasteiger partial charge in [-0.05, 0) is 25.5 Å². The monoisotopic (exact) mass is 311 g/mol. The molecule has 0 saturated carbocycles. The van der Waals surface area contributed by atoms with Gasteiger partial charge in [-0.2, -0.15) is 0 Å². The lowest BCUT2D eigenvalue weighted by atomic mass is 10.2. The zero-order valence-corrected chi connectivity index (χ0v) is 13.1. The highest BCUT2D eigenvalue weighted by Crippen LogP contribution is 2.34. The lowest BCUT2D eigenvalue weighted by Gasteiger charge is -2.19. The number of ether oxygens (including phenoxy) is 1. The zero-order valence-electron chi connectivity index (χ0n) is 12.2. The average Bonchev–Trinajstić information content (AvgIpc) is 2.90.